The van der Waals surface area contributed by atoms with Crippen LogP contribution in [0.15, 0.2) is 46.5 Å². The highest BCUT2D eigenvalue weighted by Crippen LogP contribution is 2.25. The summed E-state index contributed by atoms with van der Waals surface area (Å²) in [6, 6.07) is 8.05. The second kappa shape index (κ2) is 7.30. The molecule has 0 bridgehead atoms. The molecule has 2 N–H and O–H groups in total. The molecule has 1 aromatic heterocycles. The van der Waals surface area contributed by atoms with Gasteiger partial charge in [0.25, 0.3) is 10.0 Å². The number of methoxy groups -OCH3 is 1. The van der Waals surface area contributed by atoms with Gasteiger partial charge >= 0.3 is 5.97 Å². The SMILES string of the molecule is COC(=O)c1cnc(S(=O)(=O)Nc2ccccc2C2=NCCN2)c(Cl)c1. The molecule has 0 atom stereocenters. The van der Waals surface area contributed by atoms with Crippen LogP contribution < -0.4 is 10.0 Å². The zero-order chi connectivity index (χ0) is 18.7. The molecule has 1 aliphatic heterocycles. The maximum absolute atomic E-state index is 12.7. The number of hydrogen-bond donors (Lipinski definition) is 2. The van der Waals surface area contributed by atoms with Gasteiger partial charge in [-0.15, -0.1) is 0 Å². The van der Waals surface area contributed by atoms with Gasteiger partial charge in [-0.2, -0.15) is 8.42 Å². The third kappa shape index (κ3) is 3.63. The first-order chi connectivity index (χ1) is 12.4. The van der Waals surface area contributed by atoms with E-state index in [1.54, 1.807) is 24.3 Å². The second-order valence-electron chi connectivity index (χ2n) is 5.31. The number of pyridine rings is 1. The zero-order valence-electron chi connectivity index (χ0n) is 13.7. The number of aliphatic imine (C=N–C) groups is 1. The molecule has 0 spiro atoms. The highest BCUT2D eigenvalue weighted by Gasteiger charge is 2.24. The van der Waals surface area contributed by atoms with Crippen LogP contribution in [0.25, 0.3) is 0 Å². The maximum atomic E-state index is 12.7. The second-order valence-corrected chi connectivity index (χ2v) is 7.32. The van der Waals surface area contributed by atoms with E-state index in [0.29, 0.717) is 30.2 Å². The van der Waals surface area contributed by atoms with E-state index in [0.717, 1.165) is 6.20 Å². The van der Waals surface area contributed by atoms with Crippen molar-refractivity contribution in [2.75, 3.05) is 24.9 Å². The van der Waals surface area contributed by atoms with Gasteiger partial charge in [-0.3, -0.25) is 9.71 Å². The van der Waals surface area contributed by atoms with Crippen LogP contribution >= 0.6 is 11.6 Å². The summed E-state index contributed by atoms with van der Waals surface area (Å²) in [5.41, 5.74) is 1.02. The van der Waals surface area contributed by atoms with Crippen molar-refractivity contribution in [1.82, 2.24) is 10.3 Å². The number of benzene rings is 1. The van der Waals surface area contributed by atoms with Gasteiger partial charge in [-0.25, -0.2) is 9.78 Å². The molecule has 0 radical (unpaired) electrons. The Hall–Kier alpha value is -2.65. The Morgan fingerprint density at radius 1 is 1.35 bits per heavy atom. The summed E-state index contributed by atoms with van der Waals surface area (Å²) in [5, 5.41) is 2.53. The van der Waals surface area contributed by atoms with Crippen LogP contribution in [0.4, 0.5) is 5.69 Å². The predicted molar refractivity (Wildman–Crippen MR) is 97.2 cm³/mol. The molecule has 8 nitrogen and oxygen atoms in total. The maximum Gasteiger partial charge on any atom is 0.339 e. The monoisotopic (exact) mass is 394 g/mol. The van der Waals surface area contributed by atoms with Crippen LogP contribution in [-0.2, 0) is 14.8 Å². The smallest absolute Gasteiger partial charge is 0.339 e. The number of anilines is 1. The Labute approximate surface area is 155 Å². The Kier molecular flexibility index (Phi) is 5.10. The standard InChI is InChI=1S/C16H15ClN4O4S/c1-25-16(22)10-8-12(17)15(20-9-10)26(23,24)21-13-5-3-2-4-11(13)14-18-6-7-19-14/h2-5,8-9,21H,6-7H2,1H3,(H,18,19). The number of nitrogens with zero attached hydrogens (tertiary/aromatic N) is 2. The lowest BCUT2D eigenvalue weighted by molar-refractivity contribution is 0.0600. The van der Waals surface area contributed by atoms with Crippen molar-refractivity contribution in [2.45, 2.75) is 5.03 Å². The van der Waals surface area contributed by atoms with Crippen LogP contribution in [0.2, 0.25) is 5.02 Å². The van der Waals surface area contributed by atoms with Gasteiger partial charge in [0.1, 0.15) is 5.84 Å². The van der Waals surface area contributed by atoms with Crippen molar-refractivity contribution in [3.05, 3.63) is 52.7 Å². The van der Waals surface area contributed by atoms with Crippen molar-refractivity contribution in [3.8, 4) is 0 Å². The third-order valence-electron chi connectivity index (χ3n) is 3.58. The number of nitrogens with one attached hydrogen (secondary N) is 2. The minimum absolute atomic E-state index is 0.0568. The molecule has 0 amide bonds. The minimum atomic E-state index is -4.07. The van der Waals surface area contributed by atoms with Gasteiger partial charge in [0.05, 0.1) is 29.9 Å². The number of hydrogen-bond acceptors (Lipinski definition) is 7. The highest BCUT2D eigenvalue weighted by atomic mass is 35.5. The Morgan fingerprint density at radius 3 is 2.77 bits per heavy atom. The lowest BCUT2D eigenvalue weighted by Gasteiger charge is -2.13. The average Bonchev–Trinajstić information content (AvgIpc) is 3.15. The molecule has 2 heterocycles. The van der Waals surface area contributed by atoms with E-state index in [9.17, 15) is 13.2 Å². The molecule has 0 aliphatic carbocycles. The Morgan fingerprint density at radius 2 is 2.12 bits per heavy atom. The van der Waals surface area contributed by atoms with Crippen molar-refractivity contribution in [1.29, 1.82) is 0 Å². The Balaban J connectivity index is 1.94. The third-order valence-corrected chi connectivity index (χ3v) is 5.31. The van der Waals surface area contributed by atoms with Crippen LogP contribution in [0.5, 0.6) is 0 Å². The number of rotatable bonds is 5. The number of ether oxygens (including phenoxy) is 1. The summed E-state index contributed by atoms with van der Waals surface area (Å²) >= 11 is 6.02. The van der Waals surface area contributed by atoms with Gasteiger partial charge in [0.2, 0.25) is 0 Å². The molecular weight excluding hydrogens is 380 g/mol. The molecule has 136 valence electrons. The number of carbonyl (C=O) groups is 1. The first-order valence-electron chi connectivity index (χ1n) is 7.57. The predicted octanol–water partition coefficient (Wildman–Crippen LogP) is 1.67. The zero-order valence-corrected chi connectivity index (χ0v) is 15.3. The van der Waals surface area contributed by atoms with E-state index in [1.807, 2.05) is 0 Å². The van der Waals surface area contributed by atoms with Crippen LogP contribution in [0.3, 0.4) is 0 Å². The topological polar surface area (TPSA) is 110 Å². The summed E-state index contributed by atoms with van der Waals surface area (Å²) in [6.45, 7) is 1.32. The summed E-state index contributed by atoms with van der Waals surface area (Å²) in [6.07, 6.45) is 1.10. The van der Waals surface area contributed by atoms with Gasteiger partial charge in [0, 0.05) is 18.3 Å². The van der Waals surface area contributed by atoms with Crippen LogP contribution in [0, 0.1) is 0 Å². The van der Waals surface area contributed by atoms with Crippen LogP contribution in [0.1, 0.15) is 15.9 Å². The van der Waals surface area contributed by atoms with E-state index in [-0.39, 0.29) is 15.6 Å². The molecule has 1 aromatic carbocycles. The highest BCUT2D eigenvalue weighted by molar-refractivity contribution is 7.92. The van der Waals surface area contributed by atoms with Gasteiger partial charge < -0.3 is 10.1 Å². The Bertz CT molecular complexity index is 991. The molecule has 26 heavy (non-hydrogen) atoms. The van der Waals surface area contributed by atoms with E-state index >= 15 is 0 Å². The largest absolute Gasteiger partial charge is 0.465 e. The number of aromatic nitrogens is 1. The summed E-state index contributed by atoms with van der Waals surface area (Å²) in [5.74, 6) is -0.0460. The molecule has 10 heteroatoms. The van der Waals surface area contributed by atoms with Crippen molar-refractivity contribution in [2.24, 2.45) is 4.99 Å². The number of carbonyl (C=O) groups excluding carboxylic acids is 1. The summed E-state index contributed by atoms with van der Waals surface area (Å²) in [4.78, 5) is 19.6. The molecule has 1 aliphatic rings. The molecule has 0 unspecified atom stereocenters. The van der Waals surface area contributed by atoms with E-state index in [1.165, 1.54) is 13.2 Å². The van der Waals surface area contributed by atoms with Crippen molar-refractivity contribution in [3.63, 3.8) is 0 Å². The average molecular weight is 395 g/mol. The van der Waals surface area contributed by atoms with Gasteiger partial charge in [-0.1, -0.05) is 23.7 Å². The van der Waals surface area contributed by atoms with Crippen LogP contribution in [-0.4, -0.2) is 45.4 Å². The molecule has 0 saturated heterocycles. The number of halogens is 1. The number of para-hydroxylation sites is 1. The fraction of sp³-hybridized carbons (Fsp3) is 0.188. The fourth-order valence-corrected chi connectivity index (χ4v) is 3.94. The first kappa shape index (κ1) is 18.2. The van der Waals surface area contributed by atoms with Gasteiger partial charge in [-0.05, 0) is 18.2 Å². The first-order valence-corrected chi connectivity index (χ1v) is 9.43. The lowest BCUT2D eigenvalue weighted by atomic mass is 10.1. The minimum Gasteiger partial charge on any atom is -0.465 e. The number of sulfonamides is 1. The van der Waals surface area contributed by atoms with E-state index in [4.69, 9.17) is 11.6 Å². The van der Waals surface area contributed by atoms with E-state index in [2.05, 4.69) is 24.8 Å². The summed E-state index contributed by atoms with van der Waals surface area (Å²) in [7, 11) is -2.87. The molecular formula is C16H15ClN4O4S. The quantitative estimate of drug-likeness (QED) is 0.746. The van der Waals surface area contributed by atoms with Crippen molar-refractivity contribution >= 4 is 39.1 Å². The van der Waals surface area contributed by atoms with E-state index < -0.39 is 16.0 Å². The molecule has 0 saturated carbocycles. The number of esters is 1. The lowest BCUT2D eigenvalue weighted by Crippen LogP contribution is -2.23. The normalized spacial score (nSPS) is 13.7. The molecule has 2 aromatic rings. The fourth-order valence-electron chi connectivity index (χ4n) is 2.40. The van der Waals surface area contributed by atoms with Crippen molar-refractivity contribution < 1.29 is 17.9 Å². The number of amidine groups is 1. The van der Waals surface area contributed by atoms with Gasteiger partial charge in [0.15, 0.2) is 5.03 Å². The molecule has 3 rings (SSSR count). The summed E-state index contributed by atoms with van der Waals surface area (Å²) < 4.78 is 32.4. The molecule has 0 fully saturated rings.